The van der Waals surface area contributed by atoms with Crippen LogP contribution in [0.25, 0.3) is 0 Å². The predicted octanol–water partition coefficient (Wildman–Crippen LogP) is 2.14. The molecule has 0 fully saturated rings. The van der Waals surface area contributed by atoms with E-state index in [4.69, 9.17) is 10.4 Å². The van der Waals surface area contributed by atoms with Crippen LogP contribution in [-0.4, -0.2) is 22.7 Å². The number of aromatic nitrogens is 1. The summed E-state index contributed by atoms with van der Waals surface area (Å²) in [5.41, 5.74) is 3.04. The van der Waals surface area contributed by atoms with Gasteiger partial charge in [0.05, 0.1) is 16.9 Å². The molecule has 0 aromatic carbocycles. The molecule has 1 atom stereocenters. The van der Waals surface area contributed by atoms with Gasteiger partial charge in [-0.1, -0.05) is 6.92 Å². The SMILES string of the molecule is CCC(CCO)Nc1cc(C)nc(C)c1C#N. The third-order valence-electron chi connectivity index (χ3n) is 2.77. The van der Waals surface area contributed by atoms with Gasteiger partial charge < -0.3 is 10.4 Å². The monoisotopic (exact) mass is 233 g/mol. The molecule has 0 aliphatic rings. The van der Waals surface area contributed by atoms with Gasteiger partial charge in [0.25, 0.3) is 0 Å². The van der Waals surface area contributed by atoms with E-state index in [2.05, 4.69) is 23.3 Å². The minimum absolute atomic E-state index is 0.149. The number of nitrogens with zero attached hydrogens (tertiary/aromatic N) is 2. The second-order valence-electron chi connectivity index (χ2n) is 4.15. The van der Waals surface area contributed by atoms with E-state index in [1.54, 1.807) is 0 Å². The van der Waals surface area contributed by atoms with Crippen molar-refractivity contribution >= 4 is 5.69 Å². The van der Waals surface area contributed by atoms with Crippen molar-refractivity contribution in [2.24, 2.45) is 0 Å². The molecule has 17 heavy (non-hydrogen) atoms. The number of rotatable bonds is 5. The molecule has 0 radical (unpaired) electrons. The zero-order chi connectivity index (χ0) is 12.8. The van der Waals surface area contributed by atoms with Crippen LogP contribution in [0.5, 0.6) is 0 Å². The maximum atomic E-state index is 9.13. The van der Waals surface area contributed by atoms with Gasteiger partial charge in [-0.2, -0.15) is 5.26 Å². The highest BCUT2D eigenvalue weighted by atomic mass is 16.3. The molecular weight excluding hydrogens is 214 g/mol. The molecule has 1 heterocycles. The van der Waals surface area contributed by atoms with Gasteiger partial charge in [-0.3, -0.25) is 4.98 Å². The summed E-state index contributed by atoms with van der Waals surface area (Å²) in [6, 6.07) is 4.24. The average molecular weight is 233 g/mol. The first-order valence-electron chi connectivity index (χ1n) is 5.88. The topological polar surface area (TPSA) is 68.9 Å². The summed E-state index contributed by atoms with van der Waals surface area (Å²) in [7, 11) is 0. The molecule has 1 aromatic heterocycles. The fourth-order valence-corrected chi connectivity index (χ4v) is 1.84. The minimum Gasteiger partial charge on any atom is -0.396 e. The molecule has 4 nitrogen and oxygen atoms in total. The molecular formula is C13H19N3O. The summed E-state index contributed by atoms with van der Waals surface area (Å²) < 4.78 is 0. The molecule has 2 N–H and O–H groups in total. The lowest BCUT2D eigenvalue weighted by Gasteiger charge is -2.19. The van der Waals surface area contributed by atoms with E-state index in [0.29, 0.717) is 12.0 Å². The summed E-state index contributed by atoms with van der Waals surface area (Å²) in [5.74, 6) is 0. The Hall–Kier alpha value is -1.60. The molecule has 4 heteroatoms. The van der Waals surface area contributed by atoms with Gasteiger partial charge in [-0.15, -0.1) is 0 Å². The van der Waals surface area contributed by atoms with Crippen LogP contribution in [0.1, 0.15) is 36.7 Å². The van der Waals surface area contributed by atoms with E-state index in [-0.39, 0.29) is 12.6 Å². The first-order valence-corrected chi connectivity index (χ1v) is 5.88. The average Bonchev–Trinajstić information content (AvgIpc) is 2.28. The van der Waals surface area contributed by atoms with Crippen molar-refractivity contribution in [3.05, 3.63) is 23.0 Å². The van der Waals surface area contributed by atoms with Crippen LogP contribution < -0.4 is 5.32 Å². The van der Waals surface area contributed by atoms with Gasteiger partial charge in [-0.05, 0) is 32.8 Å². The molecule has 0 spiro atoms. The van der Waals surface area contributed by atoms with E-state index < -0.39 is 0 Å². The van der Waals surface area contributed by atoms with Crippen molar-refractivity contribution in [3.63, 3.8) is 0 Å². The quantitative estimate of drug-likeness (QED) is 0.817. The zero-order valence-corrected chi connectivity index (χ0v) is 10.6. The Labute approximate surface area is 102 Å². The summed E-state index contributed by atoms with van der Waals surface area (Å²) in [6.07, 6.45) is 1.59. The zero-order valence-electron chi connectivity index (χ0n) is 10.6. The van der Waals surface area contributed by atoms with E-state index in [0.717, 1.165) is 23.5 Å². The van der Waals surface area contributed by atoms with E-state index >= 15 is 0 Å². The Morgan fingerprint density at radius 3 is 2.76 bits per heavy atom. The van der Waals surface area contributed by atoms with Crippen LogP contribution in [0, 0.1) is 25.2 Å². The molecule has 1 aromatic rings. The lowest BCUT2D eigenvalue weighted by molar-refractivity contribution is 0.278. The highest BCUT2D eigenvalue weighted by Crippen LogP contribution is 2.20. The molecule has 0 aliphatic heterocycles. The number of aryl methyl sites for hydroxylation is 2. The summed E-state index contributed by atoms with van der Waals surface area (Å²) in [5, 5.41) is 21.4. The normalized spacial score (nSPS) is 11.9. The molecule has 0 bridgehead atoms. The molecule has 92 valence electrons. The van der Waals surface area contributed by atoms with Crippen molar-refractivity contribution in [2.45, 2.75) is 39.7 Å². The molecule has 1 unspecified atom stereocenters. The van der Waals surface area contributed by atoms with Crippen LogP contribution in [0.15, 0.2) is 6.07 Å². The van der Waals surface area contributed by atoms with Gasteiger partial charge in [-0.25, -0.2) is 0 Å². The number of aliphatic hydroxyl groups is 1. The number of anilines is 1. The van der Waals surface area contributed by atoms with Gasteiger partial charge in [0.2, 0.25) is 0 Å². The van der Waals surface area contributed by atoms with Crippen molar-refractivity contribution < 1.29 is 5.11 Å². The maximum absolute atomic E-state index is 9.13. The number of aliphatic hydroxyl groups excluding tert-OH is 1. The Kier molecular flexibility index (Phi) is 4.92. The van der Waals surface area contributed by atoms with Crippen molar-refractivity contribution in [2.75, 3.05) is 11.9 Å². The number of nitrogens with one attached hydrogen (secondary N) is 1. The summed E-state index contributed by atoms with van der Waals surface area (Å²) >= 11 is 0. The first kappa shape index (κ1) is 13.5. The van der Waals surface area contributed by atoms with E-state index in [1.165, 1.54) is 0 Å². The second kappa shape index (κ2) is 6.21. The number of hydrogen-bond donors (Lipinski definition) is 2. The molecule has 0 amide bonds. The van der Waals surface area contributed by atoms with Crippen LogP contribution >= 0.6 is 0 Å². The Bertz CT molecular complexity index is 423. The number of hydrogen-bond acceptors (Lipinski definition) is 4. The van der Waals surface area contributed by atoms with Crippen LogP contribution in [0.2, 0.25) is 0 Å². The Morgan fingerprint density at radius 1 is 1.53 bits per heavy atom. The standard InChI is InChI=1S/C13H19N3O/c1-4-11(5-6-17)16-13-7-9(2)15-10(3)12(13)8-14/h7,11,17H,4-6H2,1-3H3,(H,15,16). The highest BCUT2D eigenvalue weighted by Gasteiger charge is 2.11. The molecule has 1 rings (SSSR count). The lowest BCUT2D eigenvalue weighted by Crippen LogP contribution is -2.21. The molecule has 0 saturated heterocycles. The van der Waals surface area contributed by atoms with Crippen LogP contribution in [0.3, 0.4) is 0 Å². The van der Waals surface area contributed by atoms with Gasteiger partial charge in [0.1, 0.15) is 6.07 Å². The fourth-order valence-electron chi connectivity index (χ4n) is 1.84. The van der Waals surface area contributed by atoms with Gasteiger partial charge in [0, 0.05) is 18.3 Å². The number of nitriles is 1. The van der Waals surface area contributed by atoms with Crippen LogP contribution in [0.4, 0.5) is 5.69 Å². The van der Waals surface area contributed by atoms with Crippen LogP contribution in [-0.2, 0) is 0 Å². The molecule has 0 saturated carbocycles. The Morgan fingerprint density at radius 2 is 2.24 bits per heavy atom. The van der Waals surface area contributed by atoms with Gasteiger partial charge in [0.15, 0.2) is 0 Å². The highest BCUT2D eigenvalue weighted by molar-refractivity contribution is 5.60. The summed E-state index contributed by atoms with van der Waals surface area (Å²) in [4.78, 5) is 4.27. The Balaban J connectivity index is 3.00. The first-order chi connectivity index (χ1) is 8.12. The fraction of sp³-hybridized carbons (Fsp3) is 0.538. The van der Waals surface area contributed by atoms with E-state index in [9.17, 15) is 0 Å². The largest absolute Gasteiger partial charge is 0.396 e. The van der Waals surface area contributed by atoms with Crippen molar-refractivity contribution in [1.82, 2.24) is 4.98 Å². The van der Waals surface area contributed by atoms with Crippen molar-refractivity contribution in [1.29, 1.82) is 5.26 Å². The third-order valence-corrected chi connectivity index (χ3v) is 2.77. The second-order valence-corrected chi connectivity index (χ2v) is 4.15. The molecule has 0 aliphatic carbocycles. The smallest absolute Gasteiger partial charge is 0.103 e. The predicted molar refractivity (Wildman–Crippen MR) is 67.8 cm³/mol. The van der Waals surface area contributed by atoms with Crippen molar-refractivity contribution in [3.8, 4) is 6.07 Å². The van der Waals surface area contributed by atoms with E-state index in [1.807, 2.05) is 19.9 Å². The maximum Gasteiger partial charge on any atom is 0.103 e. The van der Waals surface area contributed by atoms with Gasteiger partial charge >= 0.3 is 0 Å². The third kappa shape index (κ3) is 3.43. The lowest BCUT2D eigenvalue weighted by atomic mass is 10.1. The minimum atomic E-state index is 0.149. The number of pyridine rings is 1. The summed E-state index contributed by atoms with van der Waals surface area (Å²) in [6.45, 7) is 5.95.